The van der Waals surface area contributed by atoms with Crippen molar-refractivity contribution in [2.24, 2.45) is 0 Å². The first-order chi connectivity index (χ1) is 8.80. The molecule has 1 heterocycles. The van der Waals surface area contributed by atoms with Gasteiger partial charge in [0.05, 0.1) is 0 Å². The molecule has 1 fully saturated rings. The maximum absolute atomic E-state index is 11.9. The van der Waals surface area contributed by atoms with Gasteiger partial charge in [0, 0.05) is 13.8 Å². The molecular formula is C15H16O4. The Balaban J connectivity index is 2.47. The highest BCUT2D eigenvalue weighted by Crippen LogP contribution is 2.28. The van der Waals surface area contributed by atoms with E-state index in [-0.39, 0.29) is 5.57 Å². The lowest BCUT2D eigenvalue weighted by molar-refractivity contribution is -0.222. The Kier molecular flexibility index (Phi) is 3.18. The number of esters is 2. The molecule has 0 amide bonds. The summed E-state index contributed by atoms with van der Waals surface area (Å²) in [5, 5.41) is 0. The summed E-state index contributed by atoms with van der Waals surface area (Å²) < 4.78 is 10.2. The van der Waals surface area contributed by atoms with E-state index < -0.39 is 17.7 Å². The zero-order valence-electron chi connectivity index (χ0n) is 11.4. The number of allylic oxidation sites excluding steroid dienone is 1. The summed E-state index contributed by atoms with van der Waals surface area (Å²) in [6.07, 6.45) is 0. The van der Waals surface area contributed by atoms with E-state index in [0.717, 1.165) is 11.1 Å². The summed E-state index contributed by atoms with van der Waals surface area (Å²) in [4.78, 5) is 23.9. The minimum absolute atomic E-state index is 0.0371. The van der Waals surface area contributed by atoms with Crippen molar-refractivity contribution < 1.29 is 19.1 Å². The second kappa shape index (κ2) is 4.53. The van der Waals surface area contributed by atoms with Crippen LogP contribution in [0.2, 0.25) is 0 Å². The Morgan fingerprint density at radius 3 is 2.21 bits per heavy atom. The third-order valence-corrected chi connectivity index (χ3v) is 2.91. The Hall–Kier alpha value is -2.10. The number of benzene rings is 1. The third kappa shape index (κ3) is 2.67. The Morgan fingerprint density at radius 2 is 1.68 bits per heavy atom. The second-order valence-electron chi connectivity index (χ2n) is 5.05. The molecule has 2 rings (SSSR count). The quantitative estimate of drug-likeness (QED) is 0.442. The van der Waals surface area contributed by atoms with Crippen LogP contribution in [0.25, 0.3) is 5.57 Å². The molecule has 0 unspecified atom stereocenters. The summed E-state index contributed by atoms with van der Waals surface area (Å²) >= 11 is 0. The maximum Gasteiger partial charge on any atom is 0.349 e. The fourth-order valence-electron chi connectivity index (χ4n) is 1.98. The highest BCUT2D eigenvalue weighted by molar-refractivity contribution is 6.20. The average molecular weight is 260 g/mol. The van der Waals surface area contributed by atoms with Crippen molar-refractivity contribution in [2.75, 3.05) is 0 Å². The number of ether oxygens (including phenoxy) is 2. The molecule has 0 aromatic heterocycles. The van der Waals surface area contributed by atoms with E-state index in [1.165, 1.54) is 13.8 Å². The molecule has 1 aromatic carbocycles. The normalized spacial score (nSPS) is 17.8. The molecule has 1 saturated heterocycles. The number of aryl methyl sites for hydroxylation is 1. The monoisotopic (exact) mass is 260 g/mol. The molecule has 1 aliphatic rings. The highest BCUT2D eigenvalue weighted by atomic mass is 16.7. The lowest BCUT2D eigenvalue weighted by Gasteiger charge is -2.30. The predicted molar refractivity (Wildman–Crippen MR) is 70.0 cm³/mol. The van der Waals surface area contributed by atoms with Crippen LogP contribution in [0.5, 0.6) is 0 Å². The van der Waals surface area contributed by atoms with Crippen molar-refractivity contribution in [3.8, 4) is 0 Å². The largest absolute Gasteiger partial charge is 0.419 e. The van der Waals surface area contributed by atoms with Gasteiger partial charge < -0.3 is 9.47 Å². The van der Waals surface area contributed by atoms with Gasteiger partial charge in [0.15, 0.2) is 0 Å². The van der Waals surface area contributed by atoms with Gasteiger partial charge in [0.1, 0.15) is 5.57 Å². The third-order valence-electron chi connectivity index (χ3n) is 2.91. The van der Waals surface area contributed by atoms with Gasteiger partial charge >= 0.3 is 11.9 Å². The molecule has 4 heteroatoms. The van der Waals surface area contributed by atoms with E-state index in [4.69, 9.17) is 9.47 Å². The number of carbonyl (C=O) groups is 2. The van der Waals surface area contributed by atoms with Crippen LogP contribution in [-0.2, 0) is 19.1 Å². The van der Waals surface area contributed by atoms with Crippen molar-refractivity contribution >= 4 is 17.5 Å². The predicted octanol–water partition coefficient (Wildman–Crippen LogP) is 2.60. The number of hydrogen-bond acceptors (Lipinski definition) is 4. The molecule has 0 spiro atoms. The van der Waals surface area contributed by atoms with Gasteiger partial charge in [-0.15, -0.1) is 0 Å². The van der Waals surface area contributed by atoms with E-state index >= 15 is 0 Å². The van der Waals surface area contributed by atoms with Crippen LogP contribution < -0.4 is 0 Å². The van der Waals surface area contributed by atoms with E-state index in [2.05, 4.69) is 0 Å². The van der Waals surface area contributed by atoms with Crippen molar-refractivity contribution in [3.63, 3.8) is 0 Å². The zero-order valence-corrected chi connectivity index (χ0v) is 11.4. The topological polar surface area (TPSA) is 52.6 Å². The van der Waals surface area contributed by atoms with Crippen LogP contribution in [0.3, 0.4) is 0 Å². The van der Waals surface area contributed by atoms with Crippen molar-refractivity contribution in [1.29, 1.82) is 0 Å². The summed E-state index contributed by atoms with van der Waals surface area (Å²) in [5.74, 6) is -2.48. The van der Waals surface area contributed by atoms with E-state index in [1.54, 1.807) is 6.92 Å². The molecule has 19 heavy (non-hydrogen) atoms. The minimum Gasteiger partial charge on any atom is -0.419 e. The van der Waals surface area contributed by atoms with Crippen LogP contribution in [0.4, 0.5) is 0 Å². The van der Waals surface area contributed by atoms with E-state index in [0.29, 0.717) is 5.57 Å². The molecular weight excluding hydrogens is 244 g/mol. The van der Waals surface area contributed by atoms with Gasteiger partial charge in [-0.2, -0.15) is 0 Å². The Morgan fingerprint density at radius 1 is 1.11 bits per heavy atom. The van der Waals surface area contributed by atoms with Crippen LogP contribution in [0.1, 0.15) is 31.9 Å². The fraction of sp³-hybridized carbons (Fsp3) is 0.333. The van der Waals surface area contributed by atoms with Gasteiger partial charge in [-0.3, -0.25) is 0 Å². The number of carbonyl (C=O) groups excluding carboxylic acids is 2. The summed E-state index contributed by atoms with van der Waals surface area (Å²) in [6, 6.07) is 7.57. The smallest absolute Gasteiger partial charge is 0.349 e. The van der Waals surface area contributed by atoms with Gasteiger partial charge in [-0.1, -0.05) is 29.8 Å². The van der Waals surface area contributed by atoms with Crippen LogP contribution >= 0.6 is 0 Å². The average Bonchev–Trinajstić information content (AvgIpc) is 2.25. The van der Waals surface area contributed by atoms with Crippen LogP contribution in [0.15, 0.2) is 29.8 Å². The first kappa shape index (κ1) is 13.3. The van der Waals surface area contributed by atoms with Gasteiger partial charge in [-0.05, 0) is 25.0 Å². The SMILES string of the molecule is CC(=C1C(=O)OC(C)(C)OC1=O)c1cccc(C)c1. The molecule has 0 radical (unpaired) electrons. The zero-order chi connectivity index (χ0) is 14.2. The summed E-state index contributed by atoms with van der Waals surface area (Å²) in [6.45, 7) is 6.72. The van der Waals surface area contributed by atoms with Gasteiger partial charge in [0.2, 0.25) is 0 Å². The maximum atomic E-state index is 11.9. The molecule has 100 valence electrons. The number of rotatable bonds is 1. The second-order valence-corrected chi connectivity index (χ2v) is 5.05. The van der Waals surface area contributed by atoms with Crippen molar-refractivity contribution in [1.82, 2.24) is 0 Å². The molecule has 0 saturated carbocycles. The molecule has 1 aromatic rings. The molecule has 0 N–H and O–H groups in total. The Labute approximate surface area is 112 Å². The molecule has 4 nitrogen and oxygen atoms in total. The lowest BCUT2D eigenvalue weighted by atomic mass is 9.99. The molecule has 0 atom stereocenters. The first-order valence-electron chi connectivity index (χ1n) is 6.05. The van der Waals surface area contributed by atoms with Crippen LogP contribution in [-0.4, -0.2) is 17.7 Å². The summed E-state index contributed by atoms with van der Waals surface area (Å²) in [7, 11) is 0. The lowest BCUT2D eigenvalue weighted by Crippen LogP contribution is -2.42. The van der Waals surface area contributed by atoms with Crippen molar-refractivity contribution in [3.05, 3.63) is 41.0 Å². The minimum atomic E-state index is -1.20. The van der Waals surface area contributed by atoms with Gasteiger partial charge in [0.25, 0.3) is 5.79 Å². The number of cyclic esters (lactones) is 2. The standard InChI is InChI=1S/C15H16O4/c1-9-6-5-7-11(8-9)10(2)12-13(16)18-15(3,4)19-14(12)17/h5-8H,1-4H3. The Bertz CT molecular complexity index is 560. The first-order valence-corrected chi connectivity index (χ1v) is 6.05. The van der Waals surface area contributed by atoms with Crippen LogP contribution in [0, 0.1) is 6.92 Å². The highest BCUT2D eigenvalue weighted by Gasteiger charge is 2.40. The summed E-state index contributed by atoms with van der Waals surface area (Å²) in [5.41, 5.74) is 2.39. The fourth-order valence-corrected chi connectivity index (χ4v) is 1.98. The van der Waals surface area contributed by atoms with Crippen molar-refractivity contribution in [2.45, 2.75) is 33.5 Å². The molecule has 0 aliphatic carbocycles. The number of hydrogen-bond donors (Lipinski definition) is 0. The van der Waals surface area contributed by atoms with Gasteiger partial charge in [-0.25, -0.2) is 9.59 Å². The molecule has 1 aliphatic heterocycles. The van der Waals surface area contributed by atoms with E-state index in [9.17, 15) is 9.59 Å². The molecule has 0 bridgehead atoms. The van der Waals surface area contributed by atoms with E-state index in [1.807, 2.05) is 31.2 Å².